The van der Waals surface area contributed by atoms with Crippen molar-refractivity contribution in [2.75, 3.05) is 6.54 Å². The Morgan fingerprint density at radius 3 is 2.89 bits per heavy atom. The monoisotopic (exact) mass is 131 g/mol. The maximum Gasteiger partial charge on any atom is 0.0402 e. The molecule has 1 atom stereocenters. The SMILES string of the molecule is CCCC1CCCN1F. The van der Waals surface area contributed by atoms with Gasteiger partial charge in [-0.25, -0.2) is 0 Å². The van der Waals surface area contributed by atoms with E-state index in [0.717, 1.165) is 30.8 Å². The molecule has 0 aromatic heterocycles. The summed E-state index contributed by atoms with van der Waals surface area (Å²) in [7, 11) is 0. The Kier molecular flexibility index (Phi) is 2.46. The maximum atomic E-state index is 12.6. The van der Waals surface area contributed by atoms with E-state index in [-0.39, 0.29) is 6.04 Å². The molecule has 0 spiro atoms. The van der Waals surface area contributed by atoms with Crippen LogP contribution in [0.4, 0.5) is 4.48 Å². The van der Waals surface area contributed by atoms with Crippen molar-refractivity contribution in [1.82, 2.24) is 5.12 Å². The average molecular weight is 131 g/mol. The van der Waals surface area contributed by atoms with Crippen molar-refractivity contribution < 1.29 is 4.48 Å². The van der Waals surface area contributed by atoms with Crippen LogP contribution in [0.2, 0.25) is 0 Å². The van der Waals surface area contributed by atoms with E-state index in [0.29, 0.717) is 6.54 Å². The molecular formula is C7H14FN. The van der Waals surface area contributed by atoms with Crippen molar-refractivity contribution >= 4 is 0 Å². The molecule has 0 N–H and O–H groups in total. The van der Waals surface area contributed by atoms with Crippen LogP contribution in [-0.4, -0.2) is 17.7 Å². The Bertz CT molecular complexity index is 85.0. The zero-order valence-corrected chi connectivity index (χ0v) is 5.94. The van der Waals surface area contributed by atoms with Crippen molar-refractivity contribution in [3.05, 3.63) is 0 Å². The van der Waals surface area contributed by atoms with Gasteiger partial charge < -0.3 is 0 Å². The molecule has 1 saturated heterocycles. The van der Waals surface area contributed by atoms with Crippen molar-refractivity contribution in [1.29, 1.82) is 0 Å². The van der Waals surface area contributed by atoms with E-state index in [1.807, 2.05) is 0 Å². The lowest BCUT2D eigenvalue weighted by atomic mass is 10.1. The second-order valence-electron chi connectivity index (χ2n) is 2.71. The number of hydrogen-bond donors (Lipinski definition) is 0. The van der Waals surface area contributed by atoms with Crippen molar-refractivity contribution in [2.45, 2.75) is 38.6 Å². The normalized spacial score (nSPS) is 29.3. The van der Waals surface area contributed by atoms with Gasteiger partial charge in [-0.05, 0) is 19.3 Å². The number of nitrogens with zero attached hydrogens (tertiary/aromatic N) is 1. The lowest BCUT2D eigenvalue weighted by molar-refractivity contribution is 0.00773. The summed E-state index contributed by atoms with van der Waals surface area (Å²) >= 11 is 0. The van der Waals surface area contributed by atoms with E-state index in [9.17, 15) is 4.48 Å². The van der Waals surface area contributed by atoms with E-state index in [2.05, 4.69) is 6.92 Å². The topological polar surface area (TPSA) is 3.24 Å². The van der Waals surface area contributed by atoms with Crippen LogP contribution in [0.25, 0.3) is 0 Å². The molecule has 1 heterocycles. The minimum atomic E-state index is 0.245. The molecule has 0 aliphatic carbocycles. The Labute approximate surface area is 55.8 Å². The summed E-state index contributed by atoms with van der Waals surface area (Å²) in [5.41, 5.74) is 0. The standard InChI is InChI=1S/C7H14FN/c1-2-4-7-5-3-6-9(7)8/h7H,2-6H2,1H3. The summed E-state index contributed by atoms with van der Waals surface area (Å²) in [5, 5.41) is 0.990. The second-order valence-corrected chi connectivity index (χ2v) is 2.71. The fourth-order valence-electron chi connectivity index (χ4n) is 1.42. The van der Waals surface area contributed by atoms with Crippen LogP contribution in [0.3, 0.4) is 0 Å². The minimum Gasteiger partial charge on any atom is -0.143 e. The molecule has 0 aromatic carbocycles. The van der Waals surface area contributed by atoms with E-state index in [1.54, 1.807) is 0 Å². The number of rotatable bonds is 2. The highest BCUT2D eigenvalue weighted by Gasteiger charge is 2.22. The van der Waals surface area contributed by atoms with Gasteiger partial charge in [-0.3, -0.25) is 0 Å². The Morgan fingerprint density at radius 1 is 1.67 bits per heavy atom. The summed E-state index contributed by atoms with van der Waals surface area (Å²) in [4.78, 5) is 0. The van der Waals surface area contributed by atoms with Crippen LogP contribution >= 0.6 is 0 Å². The largest absolute Gasteiger partial charge is 0.143 e. The zero-order chi connectivity index (χ0) is 6.69. The first kappa shape index (κ1) is 7.00. The molecule has 0 bridgehead atoms. The molecule has 0 saturated carbocycles. The van der Waals surface area contributed by atoms with Gasteiger partial charge in [0, 0.05) is 12.6 Å². The molecule has 54 valence electrons. The quantitative estimate of drug-likeness (QED) is 0.519. The van der Waals surface area contributed by atoms with Crippen molar-refractivity contribution in [2.24, 2.45) is 0 Å². The molecule has 1 aliphatic heterocycles. The van der Waals surface area contributed by atoms with E-state index < -0.39 is 0 Å². The highest BCUT2D eigenvalue weighted by Crippen LogP contribution is 2.20. The van der Waals surface area contributed by atoms with Crippen LogP contribution in [0.15, 0.2) is 0 Å². The summed E-state index contributed by atoms with van der Waals surface area (Å²) in [5.74, 6) is 0. The van der Waals surface area contributed by atoms with Crippen LogP contribution in [0, 0.1) is 0 Å². The van der Waals surface area contributed by atoms with Gasteiger partial charge in [0.15, 0.2) is 0 Å². The molecule has 1 fully saturated rings. The van der Waals surface area contributed by atoms with Crippen LogP contribution in [-0.2, 0) is 0 Å². The predicted octanol–water partition coefficient (Wildman–Crippen LogP) is 2.14. The first-order chi connectivity index (χ1) is 4.34. The molecule has 1 rings (SSSR count). The number of hydrogen-bond acceptors (Lipinski definition) is 1. The minimum absolute atomic E-state index is 0.245. The molecule has 0 amide bonds. The Morgan fingerprint density at radius 2 is 2.44 bits per heavy atom. The molecule has 1 unspecified atom stereocenters. The summed E-state index contributed by atoms with van der Waals surface area (Å²) < 4.78 is 12.6. The predicted molar refractivity (Wildman–Crippen MR) is 35.7 cm³/mol. The van der Waals surface area contributed by atoms with Crippen LogP contribution in [0.1, 0.15) is 32.6 Å². The van der Waals surface area contributed by atoms with Gasteiger partial charge in [-0.2, -0.15) is 0 Å². The maximum absolute atomic E-state index is 12.6. The molecular weight excluding hydrogens is 117 g/mol. The first-order valence-electron chi connectivity index (χ1n) is 3.77. The van der Waals surface area contributed by atoms with Gasteiger partial charge >= 0.3 is 0 Å². The van der Waals surface area contributed by atoms with E-state index >= 15 is 0 Å². The van der Waals surface area contributed by atoms with Crippen molar-refractivity contribution in [3.63, 3.8) is 0 Å². The summed E-state index contributed by atoms with van der Waals surface area (Å²) in [6.07, 6.45) is 4.23. The lowest BCUT2D eigenvalue weighted by Gasteiger charge is -2.12. The fraction of sp³-hybridized carbons (Fsp3) is 1.00. The molecule has 2 heteroatoms. The second kappa shape index (κ2) is 3.16. The first-order valence-corrected chi connectivity index (χ1v) is 3.77. The Balaban J connectivity index is 2.22. The smallest absolute Gasteiger partial charge is 0.0402 e. The van der Waals surface area contributed by atoms with Gasteiger partial charge in [0.05, 0.1) is 0 Å². The van der Waals surface area contributed by atoms with E-state index in [1.165, 1.54) is 0 Å². The highest BCUT2D eigenvalue weighted by atomic mass is 19.2. The summed E-state index contributed by atoms with van der Waals surface area (Å²) in [6.45, 7) is 2.76. The summed E-state index contributed by atoms with van der Waals surface area (Å²) in [6, 6.07) is 0.245. The van der Waals surface area contributed by atoms with Crippen LogP contribution in [0.5, 0.6) is 0 Å². The fourth-order valence-corrected chi connectivity index (χ4v) is 1.42. The molecule has 0 aromatic rings. The highest BCUT2D eigenvalue weighted by molar-refractivity contribution is 4.71. The third-order valence-corrected chi connectivity index (χ3v) is 1.93. The zero-order valence-electron chi connectivity index (χ0n) is 5.94. The third-order valence-electron chi connectivity index (χ3n) is 1.93. The van der Waals surface area contributed by atoms with Gasteiger partial charge in [-0.15, -0.1) is 9.60 Å². The lowest BCUT2D eigenvalue weighted by Crippen LogP contribution is -2.19. The van der Waals surface area contributed by atoms with E-state index in [4.69, 9.17) is 0 Å². The van der Waals surface area contributed by atoms with Crippen LogP contribution < -0.4 is 0 Å². The van der Waals surface area contributed by atoms with Gasteiger partial charge in [0.1, 0.15) is 0 Å². The molecule has 9 heavy (non-hydrogen) atoms. The van der Waals surface area contributed by atoms with Crippen molar-refractivity contribution in [3.8, 4) is 0 Å². The third kappa shape index (κ3) is 1.65. The Hall–Kier alpha value is -0.110. The number of halogens is 1. The van der Waals surface area contributed by atoms with Gasteiger partial charge in [-0.1, -0.05) is 13.3 Å². The average Bonchev–Trinajstić information content (AvgIpc) is 2.18. The molecule has 0 radical (unpaired) electrons. The molecule has 1 nitrogen and oxygen atoms in total. The van der Waals surface area contributed by atoms with Gasteiger partial charge in [0.25, 0.3) is 0 Å². The van der Waals surface area contributed by atoms with Gasteiger partial charge in [0.2, 0.25) is 0 Å². The molecule has 1 aliphatic rings.